The molecule has 1 aliphatic heterocycles. The summed E-state index contributed by atoms with van der Waals surface area (Å²) in [5.41, 5.74) is 2.55. The lowest BCUT2D eigenvalue weighted by atomic mass is 9.95. The first kappa shape index (κ1) is 12.2. The molecule has 0 unspecified atom stereocenters. The molecule has 3 rings (SSSR count). The predicted octanol–water partition coefficient (Wildman–Crippen LogP) is 2.94. The molecule has 18 heavy (non-hydrogen) atoms. The highest BCUT2D eigenvalue weighted by Gasteiger charge is 2.19. The molecule has 2 heterocycles. The Morgan fingerprint density at radius 2 is 1.89 bits per heavy atom. The number of rotatable bonds is 2. The van der Waals surface area contributed by atoms with Gasteiger partial charge in [0.25, 0.3) is 0 Å². The van der Waals surface area contributed by atoms with Crippen molar-refractivity contribution in [2.75, 3.05) is 13.1 Å². The van der Waals surface area contributed by atoms with E-state index >= 15 is 0 Å². The van der Waals surface area contributed by atoms with Crippen LogP contribution in [0.25, 0.3) is 5.69 Å². The van der Waals surface area contributed by atoms with E-state index in [0.29, 0.717) is 5.92 Å². The lowest BCUT2D eigenvalue weighted by Crippen LogP contribution is -2.27. The summed E-state index contributed by atoms with van der Waals surface area (Å²) in [6.45, 7) is 2.23. The van der Waals surface area contributed by atoms with Crippen LogP contribution in [0, 0.1) is 3.57 Å². The van der Waals surface area contributed by atoms with Gasteiger partial charge in [0, 0.05) is 27.1 Å². The number of piperidine rings is 1. The highest BCUT2D eigenvalue weighted by atomic mass is 127. The lowest BCUT2D eigenvalue weighted by molar-refractivity contribution is 0.449. The van der Waals surface area contributed by atoms with Gasteiger partial charge in [0.2, 0.25) is 0 Å². The maximum atomic E-state index is 4.34. The molecule has 0 bridgehead atoms. The van der Waals surface area contributed by atoms with Gasteiger partial charge in [-0.2, -0.15) is 0 Å². The molecule has 0 radical (unpaired) electrons. The zero-order valence-electron chi connectivity index (χ0n) is 10.1. The standard InChI is InChI=1S/C14H16IN3/c15-12-1-3-13(4-2-12)18-10-17-9-14(18)11-5-7-16-8-6-11/h1-4,9-11,16H,5-8H2. The molecule has 1 saturated heterocycles. The van der Waals surface area contributed by atoms with Gasteiger partial charge < -0.3 is 9.88 Å². The first-order valence-electron chi connectivity index (χ1n) is 6.33. The van der Waals surface area contributed by atoms with Crippen molar-refractivity contribution in [3.8, 4) is 5.69 Å². The maximum Gasteiger partial charge on any atom is 0.0994 e. The van der Waals surface area contributed by atoms with Gasteiger partial charge in [-0.15, -0.1) is 0 Å². The SMILES string of the molecule is Ic1ccc(-n2cncc2C2CCNCC2)cc1. The molecule has 2 aromatic rings. The van der Waals surface area contributed by atoms with E-state index in [1.54, 1.807) is 0 Å². The summed E-state index contributed by atoms with van der Waals surface area (Å²) >= 11 is 2.33. The molecule has 1 aromatic heterocycles. The summed E-state index contributed by atoms with van der Waals surface area (Å²) < 4.78 is 3.49. The van der Waals surface area contributed by atoms with Crippen molar-refractivity contribution in [2.24, 2.45) is 0 Å². The van der Waals surface area contributed by atoms with Crippen molar-refractivity contribution in [2.45, 2.75) is 18.8 Å². The van der Waals surface area contributed by atoms with Crippen LogP contribution < -0.4 is 5.32 Å². The van der Waals surface area contributed by atoms with Crippen LogP contribution >= 0.6 is 22.6 Å². The first-order chi connectivity index (χ1) is 8.84. The van der Waals surface area contributed by atoms with E-state index in [0.717, 1.165) is 13.1 Å². The van der Waals surface area contributed by atoms with E-state index in [1.807, 2.05) is 12.5 Å². The molecule has 94 valence electrons. The summed E-state index contributed by atoms with van der Waals surface area (Å²) in [5.74, 6) is 0.632. The third kappa shape index (κ3) is 2.44. The van der Waals surface area contributed by atoms with Gasteiger partial charge in [-0.05, 0) is 72.8 Å². The van der Waals surface area contributed by atoms with Crippen LogP contribution in [-0.4, -0.2) is 22.6 Å². The molecule has 0 amide bonds. The third-order valence-electron chi connectivity index (χ3n) is 3.53. The molecule has 0 aliphatic carbocycles. The van der Waals surface area contributed by atoms with E-state index in [1.165, 1.54) is 27.8 Å². The van der Waals surface area contributed by atoms with E-state index in [2.05, 4.69) is 61.7 Å². The smallest absolute Gasteiger partial charge is 0.0994 e. The van der Waals surface area contributed by atoms with Crippen molar-refractivity contribution < 1.29 is 0 Å². The van der Waals surface area contributed by atoms with Crippen LogP contribution in [0.15, 0.2) is 36.8 Å². The predicted molar refractivity (Wildman–Crippen MR) is 81.1 cm³/mol. The van der Waals surface area contributed by atoms with Gasteiger partial charge in [-0.3, -0.25) is 0 Å². The van der Waals surface area contributed by atoms with Crippen LogP contribution in [0.3, 0.4) is 0 Å². The second-order valence-electron chi connectivity index (χ2n) is 4.69. The Bertz CT molecular complexity index is 512. The Morgan fingerprint density at radius 1 is 1.17 bits per heavy atom. The Labute approximate surface area is 121 Å². The number of halogens is 1. The average Bonchev–Trinajstić information content (AvgIpc) is 2.90. The van der Waals surface area contributed by atoms with Gasteiger partial charge in [-0.1, -0.05) is 0 Å². The highest BCUT2D eigenvalue weighted by molar-refractivity contribution is 14.1. The van der Waals surface area contributed by atoms with Crippen LogP contribution in [-0.2, 0) is 0 Å². The number of imidazole rings is 1. The fourth-order valence-electron chi connectivity index (χ4n) is 2.54. The van der Waals surface area contributed by atoms with E-state index in [-0.39, 0.29) is 0 Å². The molecule has 1 aromatic carbocycles. The molecule has 3 nitrogen and oxygen atoms in total. The molecular formula is C14H16IN3. The molecular weight excluding hydrogens is 337 g/mol. The van der Waals surface area contributed by atoms with Gasteiger partial charge in [0.15, 0.2) is 0 Å². The van der Waals surface area contributed by atoms with Gasteiger partial charge in [0.05, 0.1) is 6.33 Å². The zero-order valence-corrected chi connectivity index (χ0v) is 12.3. The Kier molecular flexibility index (Phi) is 3.65. The largest absolute Gasteiger partial charge is 0.317 e. The number of aromatic nitrogens is 2. The van der Waals surface area contributed by atoms with E-state index in [4.69, 9.17) is 0 Å². The molecule has 0 saturated carbocycles. The zero-order chi connectivity index (χ0) is 12.4. The number of hydrogen-bond acceptors (Lipinski definition) is 2. The molecule has 1 N–H and O–H groups in total. The summed E-state index contributed by atoms with van der Waals surface area (Å²) in [6, 6.07) is 8.60. The topological polar surface area (TPSA) is 29.9 Å². The van der Waals surface area contributed by atoms with Crippen LogP contribution in [0.4, 0.5) is 0 Å². The third-order valence-corrected chi connectivity index (χ3v) is 4.25. The van der Waals surface area contributed by atoms with E-state index < -0.39 is 0 Å². The fraction of sp³-hybridized carbons (Fsp3) is 0.357. The normalized spacial score (nSPS) is 16.9. The molecule has 1 aliphatic rings. The Morgan fingerprint density at radius 3 is 2.61 bits per heavy atom. The molecule has 4 heteroatoms. The number of nitrogens with zero attached hydrogens (tertiary/aromatic N) is 2. The molecule has 1 fully saturated rings. The second kappa shape index (κ2) is 5.40. The minimum absolute atomic E-state index is 0.632. The summed E-state index contributed by atoms with van der Waals surface area (Å²) in [7, 11) is 0. The van der Waals surface area contributed by atoms with Crippen molar-refractivity contribution in [3.63, 3.8) is 0 Å². The summed E-state index contributed by atoms with van der Waals surface area (Å²) in [6.07, 6.45) is 6.36. The lowest BCUT2D eigenvalue weighted by Gasteiger charge is -2.23. The minimum atomic E-state index is 0.632. The van der Waals surface area contributed by atoms with Crippen LogP contribution in [0.2, 0.25) is 0 Å². The molecule has 0 spiro atoms. The number of hydrogen-bond donors (Lipinski definition) is 1. The van der Waals surface area contributed by atoms with E-state index in [9.17, 15) is 0 Å². The van der Waals surface area contributed by atoms with Crippen molar-refractivity contribution in [1.82, 2.24) is 14.9 Å². The number of nitrogens with one attached hydrogen (secondary N) is 1. The quantitative estimate of drug-likeness (QED) is 0.842. The number of benzene rings is 1. The monoisotopic (exact) mass is 353 g/mol. The van der Waals surface area contributed by atoms with Crippen molar-refractivity contribution in [3.05, 3.63) is 46.1 Å². The van der Waals surface area contributed by atoms with Gasteiger partial charge >= 0.3 is 0 Å². The van der Waals surface area contributed by atoms with Gasteiger partial charge in [-0.25, -0.2) is 4.98 Å². The Balaban J connectivity index is 1.93. The summed E-state index contributed by atoms with van der Waals surface area (Å²) in [4.78, 5) is 4.34. The Hall–Kier alpha value is -0.880. The summed E-state index contributed by atoms with van der Waals surface area (Å²) in [5, 5.41) is 3.41. The van der Waals surface area contributed by atoms with Gasteiger partial charge in [0.1, 0.15) is 0 Å². The maximum absolute atomic E-state index is 4.34. The minimum Gasteiger partial charge on any atom is -0.317 e. The average molecular weight is 353 g/mol. The van der Waals surface area contributed by atoms with Crippen molar-refractivity contribution >= 4 is 22.6 Å². The first-order valence-corrected chi connectivity index (χ1v) is 7.41. The van der Waals surface area contributed by atoms with Crippen LogP contribution in [0.5, 0.6) is 0 Å². The second-order valence-corrected chi connectivity index (χ2v) is 5.93. The fourth-order valence-corrected chi connectivity index (χ4v) is 2.90. The van der Waals surface area contributed by atoms with Crippen LogP contribution in [0.1, 0.15) is 24.5 Å². The van der Waals surface area contributed by atoms with Crippen molar-refractivity contribution in [1.29, 1.82) is 0 Å². The molecule has 0 atom stereocenters. The highest BCUT2D eigenvalue weighted by Crippen LogP contribution is 2.27.